The molecule has 0 bridgehead atoms. The zero-order chi connectivity index (χ0) is 15.4. The summed E-state index contributed by atoms with van der Waals surface area (Å²) in [5, 5.41) is 9.27. The van der Waals surface area contributed by atoms with E-state index in [0.29, 0.717) is 11.6 Å². The minimum atomic E-state index is -0.186. The van der Waals surface area contributed by atoms with Gasteiger partial charge in [0.15, 0.2) is 0 Å². The fraction of sp³-hybridized carbons (Fsp3) is 0.375. The van der Waals surface area contributed by atoms with Gasteiger partial charge in [-0.3, -0.25) is 5.10 Å². The number of hydrogen-bond donors (Lipinski definition) is 2. The van der Waals surface area contributed by atoms with Gasteiger partial charge in [0.2, 0.25) is 0 Å². The second kappa shape index (κ2) is 6.60. The molecule has 1 fully saturated rings. The van der Waals surface area contributed by atoms with Crippen LogP contribution in [0.3, 0.4) is 0 Å². The highest BCUT2D eigenvalue weighted by Crippen LogP contribution is 2.22. The van der Waals surface area contributed by atoms with Gasteiger partial charge in [-0.05, 0) is 42.9 Å². The summed E-state index contributed by atoms with van der Waals surface area (Å²) in [6, 6.07) is 6.68. The van der Waals surface area contributed by atoms with E-state index in [1.54, 1.807) is 24.5 Å². The van der Waals surface area contributed by atoms with Crippen molar-refractivity contribution in [3.8, 4) is 0 Å². The van der Waals surface area contributed by atoms with E-state index in [1.807, 2.05) is 11.0 Å². The molecule has 0 radical (unpaired) electrons. The molecule has 2 heterocycles. The number of likely N-dealkylation sites (tertiary alicyclic amines) is 1. The van der Waals surface area contributed by atoms with Gasteiger partial charge < -0.3 is 10.2 Å². The van der Waals surface area contributed by atoms with Crippen LogP contribution in [-0.4, -0.2) is 34.2 Å². The number of nitrogens with zero attached hydrogens (tertiary/aromatic N) is 2. The van der Waals surface area contributed by atoms with Crippen LogP contribution in [-0.2, 0) is 6.42 Å². The Morgan fingerprint density at radius 2 is 2.23 bits per heavy atom. The first-order chi connectivity index (χ1) is 10.7. The molecule has 0 spiro atoms. The van der Waals surface area contributed by atoms with E-state index in [1.165, 1.54) is 6.07 Å². The number of piperidine rings is 1. The Balaban J connectivity index is 1.49. The highest BCUT2D eigenvalue weighted by molar-refractivity contribution is 5.89. The van der Waals surface area contributed by atoms with Crippen LogP contribution in [0.2, 0.25) is 0 Å². The molecule has 116 valence electrons. The van der Waals surface area contributed by atoms with Gasteiger partial charge in [-0.1, -0.05) is 12.1 Å². The molecule has 1 aliphatic rings. The molecule has 0 saturated carbocycles. The van der Waals surface area contributed by atoms with Crippen LogP contribution in [0.25, 0.3) is 0 Å². The van der Waals surface area contributed by atoms with Gasteiger partial charge in [0.05, 0.1) is 11.9 Å². The summed E-state index contributed by atoms with van der Waals surface area (Å²) in [7, 11) is 0. The van der Waals surface area contributed by atoms with Crippen molar-refractivity contribution in [2.45, 2.75) is 19.3 Å². The number of rotatable bonds is 3. The third-order valence-corrected chi connectivity index (χ3v) is 4.06. The van der Waals surface area contributed by atoms with Crippen molar-refractivity contribution in [2.75, 3.05) is 18.4 Å². The number of halogens is 1. The molecule has 2 aromatic rings. The number of hydrogen-bond acceptors (Lipinski definition) is 2. The predicted octanol–water partition coefficient (Wildman–Crippen LogP) is 3.04. The van der Waals surface area contributed by atoms with Crippen molar-refractivity contribution in [1.29, 1.82) is 0 Å². The lowest BCUT2D eigenvalue weighted by molar-refractivity contribution is 0.182. The van der Waals surface area contributed by atoms with Gasteiger partial charge in [0.25, 0.3) is 0 Å². The Kier molecular flexibility index (Phi) is 4.37. The van der Waals surface area contributed by atoms with Crippen LogP contribution in [0.5, 0.6) is 0 Å². The number of anilines is 1. The number of nitrogens with one attached hydrogen (secondary N) is 2. The number of amides is 2. The molecule has 0 aliphatic carbocycles. The van der Waals surface area contributed by atoms with Crippen molar-refractivity contribution in [3.05, 3.63) is 48.0 Å². The molecule has 5 nitrogen and oxygen atoms in total. The lowest BCUT2D eigenvalue weighted by Gasteiger charge is -2.32. The number of aromatic amines is 1. The molecule has 6 heteroatoms. The highest BCUT2D eigenvalue weighted by Gasteiger charge is 2.23. The van der Waals surface area contributed by atoms with E-state index in [2.05, 4.69) is 15.5 Å². The van der Waals surface area contributed by atoms with E-state index < -0.39 is 0 Å². The molecule has 1 saturated heterocycles. The Morgan fingerprint density at radius 1 is 1.41 bits per heavy atom. The third kappa shape index (κ3) is 3.63. The van der Waals surface area contributed by atoms with Crippen LogP contribution in [0.15, 0.2) is 36.7 Å². The van der Waals surface area contributed by atoms with Gasteiger partial charge >= 0.3 is 6.03 Å². The Hall–Kier alpha value is -2.37. The zero-order valence-electron chi connectivity index (χ0n) is 12.3. The Labute approximate surface area is 128 Å². The molecule has 0 atom stereocenters. The second-order valence-corrected chi connectivity index (χ2v) is 5.68. The largest absolute Gasteiger partial charge is 0.325 e. The number of urea groups is 1. The monoisotopic (exact) mass is 302 g/mol. The number of carbonyl (C=O) groups excluding carboxylic acids is 1. The van der Waals surface area contributed by atoms with Crippen LogP contribution in [0.1, 0.15) is 18.4 Å². The minimum Gasteiger partial charge on any atom is -0.325 e. The maximum absolute atomic E-state index is 13.2. The summed E-state index contributed by atoms with van der Waals surface area (Å²) in [6.45, 7) is 1.45. The average Bonchev–Trinajstić information content (AvgIpc) is 3.01. The fourth-order valence-electron chi connectivity index (χ4n) is 2.86. The van der Waals surface area contributed by atoms with E-state index in [9.17, 15) is 9.18 Å². The molecular formula is C16H19FN4O. The van der Waals surface area contributed by atoms with E-state index in [0.717, 1.165) is 37.9 Å². The maximum atomic E-state index is 13.2. The Morgan fingerprint density at radius 3 is 2.91 bits per heavy atom. The maximum Gasteiger partial charge on any atom is 0.321 e. The predicted molar refractivity (Wildman–Crippen MR) is 82.0 cm³/mol. The van der Waals surface area contributed by atoms with Crippen molar-refractivity contribution < 1.29 is 9.18 Å². The van der Waals surface area contributed by atoms with Crippen LogP contribution in [0, 0.1) is 11.7 Å². The Bertz CT molecular complexity index is 621. The highest BCUT2D eigenvalue weighted by atomic mass is 19.1. The van der Waals surface area contributed by atoms with Crippen LogP contribution < -0.4 is 5.32 Å². The van der Waals surface area contributed by atoms with Crippen LogP contribution >= 0.6 is 0 Å². The van der Waals surface area contributed by atoms with Crippen molar-refractivity contribution in [3.63, 3.8) is 0 Å². The van der Waals surface area contributed by atoms with Crippen molar-refractivity contribution in [1.82, 2.24) is 15.1 Å². The lowest BCUT2D eigenvalue weighted by Crippen LogP contribution is -2.41. The summed E-state index contributed by atoms with van der Waals surface area (Å²) in [5.41, 5.74) is 1.70. The molecule has 1 aromatic carbocycles. The molecular weight excluding hydrogens is 283 g/mol. The first-order valence-electron chi connectivity index (χ1n) is 7.50. The molecule has 2 N–H and O–H groups in total. The standard InChI is InChI=1S/C16H19FN4O/c17-14-3-1-2-13(9-14)8-12-4-6-21(7-5-12)16(22)20-15-10-18-19-11-15/h1-3,9-12H,4-8H2,(H,18,19)(H,20,22). The first kappa shape index (κ1) is 14.6. The van der Waals surface area contributed by atoms with E-state index in [4.69, 9.17) is 0 Å². The van der Waals surface area contributed by atoms with Gasteiger partial charge in [-0.15, -0.1) is 0 Å². The lowest BCUT2D eigenvalue weighted by atomic mass is 9.90. The molecule has 2 amide bonds. The quantitative estimate of drug-likeness (QED) is 0.915. The van der Waals surface area contributed by atoms with Gasteiger partial charge in [0, 0.05) is 19.3 Å². The summed E-state index contributed by atoms with van der Waals surface area (Å²) < 4.78 is 13.2. The van der Waals surface area contributed by atoms with Gasteiger partial charge in [-0.2, -0.15) is 5.10 Å². The SMILES string of the molecule is O=C(Nc1cn[nH]c1)N1CCC(Cc2cccc(F)c2)CC1. The summed E-state index contributed by atoms with van der Waals surface area (Å²) in [4.78, 5) is 13.9. The second-order valence-electron chi connectivity index (χ2n) is 5.68. The van der Waals surface area contributed by atoms with Crippen molar-refractivity contribution >= 4 is 11.7 Å². The fourth-order valence-corrected chi connectivity index (χ4v) is 2.86. The summed E-state index contributed by atoms with van der Waals surface area (Å²) >= 11 is 0. The number of carbonyl (C=O) groups is 1. The summed E-state index contributed by atoms with van der Waals surface area (Å²) in [5.74, 6) is 0.314. The number of H-pyrrole nitrogens is 1. The topological polar surface area (TPSA) is 61.0 Å². The molecule has 3 rings (SSSR count). The number of benzene rings is 1. The van der Waals surface area contributed by atoms with Crippen molar-refractivity contribution in [2.24, 2.45) is 5.92 Å². The molecule has 1 aromatic heterocycles. The van der Waals surface area contributed by atoms with E-state index >= 15 is 0 Å². The minimum absolute atomic E-state index is 0.0920. The molecule has 22 heavy (non-hydrogen) atoms. The average molecular weight is 302 g/mol. The van der Waals surface area contributed by atoms with E-state index in [-0.39, 0.29) is 11.8 Å². The first-order valence-corrected chi connectivity index (χ1v) is 7.50. The zero-order valence-corrected chi connectivity index (χ0v) is 12.3. The third-order valence-electron chi connectivity index (χ3n) is 4.06. The van der Waals surface area contributed by atoms with Gasteiger partial charge in [-0.25, -0.2) is 9.18 Å². The van der Waals surface area contributed by atoms with Crippen LogP contribution in [0.4, 0.5) is 14.9 Å². The summed E-state index contributed by atoms with van der Waals surface area (Å²) in [6.07, 6.45) is 5.97. The smallest absolute Gasteiger partial charge is 0.321 e. The molecule has 1 aliphatic heterocycles. The normalized spacial score (nSPS) is 15.8. The van der Waals surface area contributed by atoms with Gasteiger partial charge in [0.1, 0.15) is 5.82 Å². The number of aromatic nitrogens is 2. The molecule has 0 unspecified atom stereocenters.